The monoisotopic (exact) mass is 430 g/mol. The van der Waals surface area contributed by atoms with E-state index in [4.69, 9.17) is 4.74 Å². The van der Waals surface area contributed by atoms with Crippen LogP contribution in [0.5, 0.6) is 0 Å². The number of carbonyl (C=O) groups is 1. The Morgan fingerprint density at radius 2 is 1.81 bits per heavy atom. The molecule has 1 atom stereocenters. The Balaban J connectivity index is 3.02. The third kappa shape index (κ3) is 5.19. The van der Waals surface area contributed by atoms with E-state index in [0.29, 0.717) is 16.8 Å². The van der Waals surface area contributed by atoms with Gasteiger partial charge in [0.05, 0.1) is 29.4 Å². The summed E-state index contributed by atoms with van der Waals surface area (Å²) in [5.74, 6) is -0.627. The molecule has 2 aromatic rings. The predicted molar refractivity (Wildman–Crippen MR) is 118 cm³/mol. The largest absolute Gasteiger partial charge is 0.464 e. The Bertz CT molecular complexity index is 1030. The number of aliphatic hydroxyl groups excluding tert-OH is 1. The molecule has 0 bridgehead atoms. The molecule has 168 valence electrons. The van der Waals surface area contributed by atoms with E-state index in [1.165, 1.54) is 4.57 Å². The van der Waals surface area contributed by atoms with Gasteiger partial charge in [-0.25, -0.2) is 4.79 Å². The lowest BCUT2D eigenvalue weighted by atomic mass is 9.87. The van der Waals surface area contributed by atoms with Crippen molar-refractivity contribution in [2.24, 2.45) is 5.41 Å². The molecule has 0 saturated heterocycles. The molecule has 1 N–H and O–H groups in total. The van der Waals surface area contributed by atoms with Gasteiger partial charge >= 0.3 is 17.2 Å². The van der Waals surface area contributed by atoms with Crippen molar-refractivity contribution in [2.45, 2.75) is 60.6 Å². The molecule has 0 aliphatic rings. The average Bonchev–Trinajstić information content (AvgIpc) is 2.67. The minimum Gasteiger partial charge on any atom is -0.464 e. The molecule has 8 heteroatoms. The first-order valence-electron chi connectivity index (χ1n) is 10.2. The summed E-state index contributed by atoms with van der Waals surface area (Å²) < 4.78 is 6.43. The lowest BCUT2D eigenvalue weighted by Crippen LogP contribution is -2.37. The summed E-state index contributed by atoms with van der Waals surface area (Å²) in [6, 6.07) is 6.23. The van der Waals surface area contributed by atoms with Gasteiger partial charge in [0.2, 0.25) is 0 Å². The Labute approximate surface area is 181 Å². The van der Waals surface area contributed by atoms with Crippen molar-refractivity contribution in [3.05, 3.63) is 61.4 Å². The molecule has 1 heterocycles. The van der Waals surface area contributed by atoms with E-state index >= 15 is 0 Å². The summed E-state index contributed by atoms with van der Waals surface area (Å²) in [4.78, 5) is 37.4. The van der Waals surface area contributed by atoms with E-state index in [2.05, 4.69) is 0 Å². The van der Waals surface area contributed by atoms with Gasteiger partial charge in [0.25, 0.3) is 0 Å². The van der Waals surface area contributed by atoms with Crippen LogP contribution < -0.4 is 5.56 Å². The SMILES string of the molecule is CCOC(=O)C(CC(C)(C)C)n1c(-c2ccc(C)cc2)c(C)c(CO)c([N+](=O)[O-])c1=O. The van der Waals surface area contributed by atoms with Gasteiger partial charge in [-0.1, -0.05) is 50.6 Å². The van der Waals surface area contributed by atoms with Crippen LogP contribution in [0.25, 0.3) is 11.3 Å². The molecule has 0 saturated carbocycles. The Hall–Kier alpha value is -3.00. The number of aliphatic hydroxyl groups is 1. The number of aryl methyl sites for hydroxylation is 1. The highest BCUT2D eigenvalue weighted by atomic mass is 16.6. The number of pyridine rings is 1. The zero-order valence-electron chi connectivity index (χ0n) is 18.9. The normalized spacial score (nSPS) is 12.5. The van der Waals surface area contributed by atoms with Gasteiger partial charge in [-0.05, 0) is 43.7 Å². The second-order valence-corrected chi connectivity index (χ2v) is 8.79. The predicted octanol–water partition coefficient (Wildman–Crippen LogP) is 4.07. The van der Waals surface area contributed by atoms with Gasteiger partial charge in [0, 0.05) is 0 Å². The summed E-state index contributed by atoms with van der Waals surface area (Å²) in [7, 11) is 0. The molecular formula is C23H30N2O6. The number of esters is 1. The number of ether oxygens (including phenoxy) is 1. The van der Waals surface area contributed by atoms with Crippen molar-refractivity contribution in [3.63, 3.8) is 0 Å². The minimum absolute atomic E-state index is 0.0554. The minimum atomic E-state index is -1.06. The molecule has 2 rings (SSSR count). The molecule has 0 spiro atoms. The molecule has 0 fully saturated rings. The van der Waals surface area contributed by atoms with E-state index in [1.807, 2.05) is 39.8 Å². The number of rotatable bonds is 7. The molecule has 8 nitrogen and oxygen atoms in total. The number of carbonyl (C=O) groups excluding carboxylic acids is 1. The highest BCUT2D eigenvalue weighted by Crippen LogP contribution is 2.35. The first kappa shape index (κ1) is 24.3. The molecule has 1 unspecified atom stereocenters. The van der Waals surface area contributed by atoms with Gasteiger partial charge in [0.15, 0.2) is 0 Å². The molecule has 0 aliphatic carbocycles. The fourth-order valence-electron chi connectivity index (χ4n) is 3.69. The maximum absolute atomic E-state index is 13.4. The quantitative estimate of drug-likeness (QED) is 0.403. The first-order valence-corrected chi connectivity index (χ1v) is 10.2. The maximum Gasteiger partial charge on any atom is 0.339 e. The van der Waals surface area contributed by atoms with Crippen LogP contribution in [0.3, 0.4) is 0 Å². The molecular weight excluding hydrogens is 400 g/mol. The third-order valence-electron chi connectivity index (χ3n) is 5.10. The average molecular weight is 431 g/mol. The van der Waals surface area contributed by atoms with Crippen molar-refractivity contribution in [1.82, 2.24) is 4.57 Å². The highest BCUT2D eigenvalue weighted by Gasteiger charge is 2.36. The maximum atomic E-state index is 13.4. The molecule has 0 amide bonds. The highest BCUT2D eigenvalue weighted by molar-refractivity contribution is 5.77. The zero-order valence-corrected chi connectivity index (χ0v) is 18.9. The summed E-state index contributed by atoms with van der Waals surface area (Å²) in [6.07, 6.45) is 0.236. The summed E-state index contributed by atoms with van der Waals surface area (Å²) in [5.41, 5.74) is 0.267. The number of hydrogen-bond donors (Lipinski definition) is 1. The zero-order chi connectivity index (χ0) is 23.5. The van der Waals surface area contributed by atoms with Crippen LogP contribution in [0.2, 0.25) is 0 Å². The van der Waals surface area contributed by atoms with Crippen molar-refractivity contribution in [3.8, 4) is 11.3 Å². The van der Waals surface area contributed by atoms with Crippen LogP contribution in [0, 0.1) is 29.4 Å². The Morgan fingerprint density at radius 3 is 2.26 bits per heavy atom. The van der Waals surface area contributed by atoms with Crippen molar-refractivity contribution in [1.29, 1.82) is 0 Å². The van der Waals surface area contributed by atoms with Crippen LogP contribution in [-0.2, 0) is 16.1 Å². The van der Waals surface area contributed by atoms with Gasteiger partial charge < -0.3 is 9.84 Å². The third-order valence-corrected chi connectivity index (χ3v) is 5.10. The fourth-order valence-corrected chi connectivity index (χ4v) is 3.69. The Kier molecular flexibility index (Phi) is 7.38. The Morgan fingerprint density at radius 1 is 1.23 bits per heavy atom. The second-order valence-electron chi connectivity index (χ2n) is 8.79. The molecule has 0 aliphatic heterocycles. The fraction of sp³-hybridized carbons (Fsp3) is 0.478. The molecule has 1 aromatic heterocycles. The molecule has 31 heavy (non-hydrogen) atoms. The van der Waals surface area contributed by atoms with Crippen LogP contribution in [0.1, 0.15) is 56.8 Å². The van der Waals surface area contributed by atoms with Gasteiger partial charge in [0.1, 0.15) is 6.04 Å². The van der Waals surface area contributed by atoms with Gasteiger partial charge in [-0.3, -0.25) is 19.5 Å². The number of benzene rings is 1. The number of nitro groups is 1. The number of hydrogen-bond acceptors (Lipinski definition) is 6. The van der Waals surface area contributed by atoms with E-state index in [0.717, 1.165) is 5.56 Å². The van der Waals surface area contributed by atoms with Crippen LogP contribution in [0.4, 0.5) is 5.69 Å². The standard InChI is InChI=1S/C23H30N2O6/c1-7-31-22(28)18(12-23(4,5)6)24-19(16-10-8-14(2)9-11-16)15(3)17(13-26)20(21(24)27)25(29)30/h8-11,18,26H,7,12-13H2,1-6H3. The van der Waals surface area contributed by atoms with Gasteiger partial charge in [-0.2, -0.15) is 0 Å². The van der Waals surface area contributed by atoms with Crippen LogP contribution >= 0.6 is 0 Å². The van der Waals surface area contributed by atoms with Gasteiger partial charge in [-0.15, -0.1) is 0 Å². The topological polar surface area (TPSA) is 112 Å². The second kappa shape index (κ2) is 9.43. The van der Waals surface area contributed by atoms with Crippen molar-refractivity contribution in [2.75, 3.05) is 6.61 Å². The van der Waals surface area contributed by atoms with E-state index in [1.54, 1.807) is 26.0 Å². The van der Waals surface area contributed by atoms with Crippen LogP contribution in [-0.4, -0.2) is 27.2 Å². The van der Waals surface area contributed by atoms with Crippen molar-refractivity contribution < 1.29 is 19.6 Å². The van der Waals surface area contributed by atoms with E-state index < -0.39 is 34.8 Å². The summed E-state index contributed by atoms with van der Waals surface area (Å²) in [5, 5.41) is 21.6. The lowest BCUT2D eigenvalue weighted by Gasteiger charge is -2.29. The number of aromatic nitrogens is 1. The lowest BCUT2D eigenvalue weighted by molar-refractivity contribution is -0.387. The van der Waals surface area contributed by atoms with E-state index in [9.17, 15) is 24.8 Å². The summed E-state index contributed by atoms with van der Waals surface area (Å²) in [6.45, 7) is 10.4. The summed E-state index contributed by atoms with van der Waals surface area (Å²) >= 11 is 0. The number of nitrogens with zero attached hydrogens (tertiary/aromatic N) is 2. The molecule has 1 aromatic carbocycles. The van der Waals surface area contributed by atoms with Crippen molar-refractivity contribution >= 4 is 11.7 Å². The van der Waals surface area contributed by atoms with E-state index in [-0.39, 0.29) is 24.0 Å². The van der Waals surface area contributed by atoms with Crippen LogP contribution in [0.15, 0.2) is 29.1 Å². The first-order chi connectivity index (χ1) is 14.4. The smallest absolute Gasteiger partial charge is 0.339 e. The molecule has 0 radical (unpaired) electrons.